The van der Waals surface area contributed by atoms with Crippen molar-refractivity contribution in [1.82, 2.24) is 30.2 Å². The first kappa shape index (κ1) is 14.2. The molecule has 1 aliphatic carbocycles. The summed E-state index contributed by atoms with van der Waals surface area (Å²) in [6.45, 7) is 1.87. The van der Waals surface area contributed by atoms with Crippen LogP contribution in [0.1, 0.15) is 24.8 Å². The maximum Gasteiger partial charge on any atom is 0.326 e. The third-order valence-electron chi connectivity index (χ3n) is 4.45. The molecule has 0 atom stereocenters. The zero-order valence-electron chi connectivity index (χ0n) is 13.3. The number of fused-ring (bicyclic) bond motifs is 1. The number of carbonyl (C=O) groups excluding carboxylic acids is 2. The van der Waals surface area contributed by atoms with Crippen molar-refractivity contribution in [3.63, 3.8) is 0 Å². The second kappa shape index (κ2) is 5.16. The molecule has 4 heterocycles. The summed E-state index contributed by atoms with van der Waals surface area (Å²) in [7, 11) is 0. The largest absolute Gasteiger partial charge is 0.351 e. The van der Waals surface area contributed by atoms with Crippen molar-refractivity contribution >= 4 is 35.6 Å². The first-order chi connectivity index (χ1) is 12.2. The molecule has 10 nitrogen and oxygen atoms in total. The highest BCUT2D eigenvalue weighted by Crippen LogP contribution is 2.27. The summed E-state index contributed by atoms with van der Waals surface area (Å²) in [5.74, 6) is 0.846. The van der Waals surface area contributed by atoms with Crippen molar-refractivity contribution < 1.29 is 9.59 Å². The lowest BCUT2D eigenvalue weighted by atomic mass is 10.2. The van der Waals surface area contributed by atoms with Crippen LogP contribution in [0.2, 0.25) is 0 Å². The smallest absolute Gasteiger partial charge is 0.326 e. The quantitative estimate of drug-likeness (QED) is 0.533. The van der Waals surface area contributed by atoms with Crippen LogP contribution in [0.5, 0.6) is 0 Å². The molecule has 0 unspecified atom stereocenters. The predicted octanol–water partition coefficient (Wildman–Crippen LogP) is 0.0890. The number of urea groups is 1. The molecule has 128 valence electrons. The number of hydrogen-bond acceptors (Lipinski definition) is 7. The molecule has 10 heteroatoms. The average Bonchev–Trinajstić information content (AvgIpc) is 3.15. The molecular formula is C15H16N8O2. The predicted molar refractivity (Wildman–Crippen MR) is 88.9 cm³/mol. The maximum atomic E-state index is 11.8. The minimum absolute atomic E-state index is 0.181. The fourth-order valence-corrected chi connectivity index (χ4v) is 2.78. The lowest BCUT2D eigenvalue weighted by Crippen LogP contribution is -2.38. The number of nitrogens with zero attached hydrogens (tertiary/aromatic N) is 5. The second-order valence-electron chi connectivity index (χ2n) is 6.41. The van der Waals surface area contributed by atoms with Gasteiger partial charge in [0.2, 0.25) is 11.9 Å². The summed E-state index contributed by atoms with van der Waals surface area (Å²) in [6.07, 6.45) is 6.56. The van der Waals surface area contributed by atoms with Crippen molar-refractivity contribution in [2.75, 3.05) is 23.3 Å². The highest BCUT2D eigenvalue weighted by Gasteiger charge is 2.27. The zero-order chi connectivity index (χ0) is 17.0. The van der Waals surface area contributed by atoms with Crippen LogP contribution < -0.4 is 20.9 Å². The van der Waals surface area contributed by atoms with E-state index in [9.17, 15) is 9.59 Å². The van der Waals surface area contributed by atoms with Crippen LogP contribution in [-0.2, 0) is 4.79 Å². The molecule has 3 fully saturated rings. The van der Waals surface area contributed by atoms with Gasteiger partial charge in [0.25, 0.3) is 5.91 Å². The number of nitrogens with one attached hydrogen (secondary N) is 3. The zero-order valence-corrected chi connectivity index (χ0v) is 13.3. The monoisotopic (exact) mass is 340 g/mol. The Bertz CT molecular complexity index is 925. The van der Waals surface area contributed by atoms with Gasteiger partial charge in [0.1, 0.15) is 5.70 Å². The van der Waals surface area contributed by atoms with E-state index in [1.165, 1.54) is 0 Å². The van der Waals surface area contributed by atoms with Gasteiger partial charge in [-0.2, -0.15) is 19.6 Å². The molecule has 2 aliphatic heterocycles. The normalized spacial score (nSPS) is 21.4. The number of imide groups is 1. The van der Waals surface area contributed by atoms with E-state index in [0.29, 0.717) is 29.1 Å². The standard InChI is InChI=1S/C15H16N8O2/c24-12-10(18-15(25)20-12)6-8-7-16-23-11(8)19-13(22-4-1-5-22)21-14(23)17-9-2-3-9/h6-7,9H,1-5H2,(H,17,19,21)(H2,18,20,24,25)/b10-6-. The van der Waals surface area contributed by atoms with Crippen molar-refractivity contribution in [3.8, 4) is 0 Å². The summed E-state index contributed by atoms with van der Waals surface area (Å²) >= 11 is 0. The van der Waals surface area contributed by atoms with Crippen molar-refractivity contribution in [3.05, 3.63) is 17.5 Å². The van der Waals surface area contributed by atoms with E-state index in [4.69, 9.17) is 0 Å². The number of hydrogen-bond donors (Lipinski definition) is 3. The Kier molecular flexibility index (Phi) is 2.93. The topological polar surface area (TPSA) is 117 Å². The molecule has 1 saturated carbocycles. The molecular weight excluding hydrogens is 324 g/mol. The fourth-order valence-electron chi connectivity index (χ4n) is 2.78. The highest BCUT2D eigenvalue weighted by atomic mass is 16.2. The van der Waals surface area contributed by atoms with Crippen LogP contribution >= 0.6 is 0 Å². The molecule has 2 saturated heterocycles. The minimum Gasteiger partial charge on any atom is -0.351 e. The summed E-state index contributed by atoms with van der Waals surface area (Å²) in [6, 6.07) is -0.104. The average molecular weight is 340 g/mol. The Labute approximate surface area is 142 Å². The molecule has 0 aromatic carbocycles. The Morgan fingerprint density at radius 2 is 2.04 bits per heavy atom. The summed E-state index contributed by atoms with van der Waals surface area (Å²) in [5, 5.41) is 12.4. The first-order valence-electron chi connectivity index (χ1n) is 8.29. The van der Waals surface area contributed by atoms with Gasteiger partial charge in [-0.1, -0.05) is 0 Å². The first-order valence-corrected chi connectivity index (χ1v) is 8.29. The van der Waals surface area contributed by atoms with E-state index in [0.717, 1.165) is 32.4 Å². The van der Waals surface area contributed by atoms with Gasteiger partial charge in [0.05, 0.1) is 6.20 Å². The van der Waals surface area contributed by atoms with Gasteiger partial charge in [-0.05, 0) is 25.3 Å². The van der Waals surface area contributed by atoms with Gasteiger partial charge < -0.3 is 15.5 Å². The summed E-state index contributed by atoms with van der Waals surface area (Å²) in [5.41, 5.74) is 1.43. The van der Waals surface area contributed by atoms with Crippen molar-refractivity contribution in [2.24, 2.45) is 0 Å². The number of amides is 3. The number of aromatic nitrogens is 4. The number of rotatable bonds is 4. The van der Waals surface area contributed by atoms with Crippen LogP contribution in [0.15, 0.2) is 11.9 Å². The molecule has 5 rings (SSSR count). The number of anilines is 2. The van der Waals surface area contributed by atoms with Gasteiger partial charge in [-0.3, -0.25) is 10.1 Å². The molecule has 3 aliphatic rings. The SMILES string of the molecule is O=C1NC(=O)/C(=C/c2cnn3c(NC4CC4)nc(N4CCC4)nc23)N1. The third-order valence-corrected chi connectivity index (χ3v) is 4.45. The second-order valence-corrected chi connectivity index (χ2v) is 6.41. The molecule has 3 amide bonds. The fraction of sp³-hybridized carbons (Fsp3) is 0.400. The van der Waals surface area contributed by atoms with Gasteiger partial charge >= 0.3 is 6.03 Å². The summed E-state index contributed by atoms with van der Waals surface area (Å²) < 4.78 is 1.64. The van der Waals surface area contributed by atoms with Crippen molar-refractivity contribution in [1.29, 1.82) is 0 Å². The minimum atomic E-state index is -0.528. The molecule has 2 aromatic rings. The third kappa shape index (κ3) is 2.46. The van der Waals surface area contributed by atoms with E-state index in [-0.39, 0.29) is 5.70 Å². The Morgan fingerprint density at radius 3 is 2.68 bits per heavy atom. The van der Waals surface area contributed by atoms with Crippen LogP contribution in [0.25, 0.3) is 11.7 Å². The van der Waals surface area contributed by atoms with E-state index >= 15 is 0 Å². The van der Waals surface area contributed by atoms with Crippen LogP contribution in [0.3, 0.4) is 0 Å². The number of carbonyl (C=O) groups is 2. The van der Waals surface area contributed by atoms with Gasteiger partial charge in [-0.15, -0.1) is 0 Å². The molecule has 0 spiro atoms. The van der Waals surface area contributed by atoms with E-state index in [2.05, 4.69) is 35.9 Å². The lowest BCUT2D eigenvalue weighted by molar-refractivity contribution is -0.115. The van der Waals surface area contributed by atoms with E-state index < -0.39 is 11.9 Å². The van der Waals surface area contributed by atoms with Crippen LogP contribution in [0.4, 0.5) is 16.7 Å². The molecule has 0 radical (unpaired) electrons. The van der Waals surface area contributed by atoms with Gasteiger partial charge in [0, 0.05) is 24.7 Å². The summed E-state index contributed by atoms with van der Waals surface area (Å²) in [4.78, 5) is 34.4. The highest BCUT2D eigenvalue weighted by molar-refractivity contribution is 6.14. The van der Waals surface area contributed by atoms with Crippen molar-refractivity contribution in [2.45, 2.75) is 25.3 Å². The molecule has 3 N–H and O–H groups in total. The maximum absolute atomic E-state index is 11.8. The molecule has 2 aromatic heterocycles. The van der Waals surface area contributed by atoms with Gasteiger partial charge in [0.15, 0.2) is 5.65 Å². The van der Waals surface area contributed by atoms with Crippen LogP contribution in [0, 0.1) is 0 Å². The lowest BCUT2D eigenvalue weighted by Gasteiger charge is -2.31. The Hall–Kier alpha value is -3.17. The Morgan fingerprint density at radius 1 is 1.20 bits per heavy atom. The molecule has 25 heavy (non-hydrogen) atoms. The Balaban J connectivity index is 1.60. The van der Waals surface area contributed by atoms with E-state index in [1.807, 2.05) is 0 Å². The van der Waals surface area contributed by atoms with Gasteiger partial charge in [-0.25, -0.2) is 4.79 Å². The molecule has 0 bridgehead atoms. The van der Waals surface area contributed by atoms with Crippen LogP contribution in [-0.4, -0.2) is 50.7 Å². The van der Waals surface area contributed by atoms with E-state index in [1.54, 1.807) is 16.8 Å².